The summed E-state index contributed by atoms with van der Waals surface area (Å²) in [5, 5.41) is 6.09. The second-order valence-electron chi connectivity index (χ2n) is 27.4. The minimum absolute atomic E-state index is 0. The van der Waals surface area contributed by atoms with Crippen LogP contribution in [0.4, 0.5) is 33.2 Å². The van der Waals surface area contributed by atoms with Crippen molar-refractivity contribution in [2.45, 2.75) is 132 Å². The van der Waals surface area contributed by atoms with Gasteiger partial charge in [0, 0.05) is 150 Å². The number of amides is 6. The summed E-state index contributed by atoms with van der Waals surface area (Å²) in [5.74, 6) is 3.78. The zero-order valence-corrected chi connectivity index (χ0v) is 65.8. The van der Waals surface area contributed by atoms with Gasteiger partial charge in [-0.15, -0.1) is 23.2 Å². The van der Waals surface area contributed by atoms with Crippen molar-refractivity contribution < 1.29 is 95.9 Å². The Balaban J connectivity index is 0.000000198. The van der Waals surface area contributed by atoms with Crippen LogP contribution >= 0.6 is 39.3 Å². The van der Waals surface area contributed by atoms with E-state index >= 15 is 0 Å². The average Bonchev–Trinajstić information content (AvgIpc) is 1.59. The van der Waals surface area contributed by atoms with Crippen LogP contribution in [-0.2, 0) is 84.8 Å². The molecule has 6 amide bonds. The quantitative estimate of drug-likeness (QED) is 0.0837. The van der Waals surface area contributed by atoms with E-state index in [0.29, 0.717) is 55.1 Å². The molecule has 0 radical (unpaired) electrons. The van der Waals surface area contributed by atoms with Crippen molar-refractivity contribution in [2.75, 3.05) is 111 Å². The molecule has 9 aliphatic heterocycles. The number of hydrogen-bond donors (Lipinski definition) is 2. The van der Waals surface area contributed by atoms with Gasteiger partial charge in [-0.2, -0.15) is 0 Å². The molecule has 23 heteroatoms. The molecule has 2 unspecified atom stereocenters. The molecule has 16 rings (SSSR count). The van der Waals surface area contributed by atoms with Crippen LogP contribution in [-0.4, -0.2) is 158 Å². The number of fused-ring (bicyclic) bond motifs is 10. The smallest absolute Gasteiger partial charge is 1.00 e. The standard InChI is InChI=1S/C24H32N2O3.C13H15BrN2O.C13H16N2O.C11H15Cl2N.C9H9NO.C8H7NO.Na.2H2O.Pd.H/c1-3-29-23(28)26-18-8-9-19(26)15-17(14-18)16-10-12-24(13-11-16)20-6-4-5-7-21(20)25(2)22(24)27;1-15-11-5-3-2-4-10(11)13(12(15)17)6-8-16(14)9-7-13;1-15-11-5-3-2-4-10(11)13(12(15)16)6-8-14-9-7-13;12-6-8-14(9-7-13)10-11-4-2-1-3-5-11;1-10-8-5-3-2-4-7(8)6-9(10)11;10-8-5-6-3-1-2-4-7(6)9-8;;;;;/h4-7,16-19H,3,8-15H2,1-2H3;2-5H,6-9H2,1H3;2-5,14H,6-9H2,1H3;1-5H,6-10H2;2-5H,6H2,1H3;1-4H,5H2,(H,9,10);;2*1H2;;/q;;;;;;+1;;;;-1. The molecule has 101 heavy (non-hydrogen) atoms. The zero-order chi connectivity index (χ0) is 68.4. The van der Waals surface area contributed by atoms with Gasteiger partial charge in [0.15, 0.2) is 0 Å². The number of likely N-dealkylation sites (N-methyl/N-ethyl adjacent to an activating group) is 4. The van der Waals surface area contributed by atoms with Crippen molar-refractivity contribution in [2.24, 2.45) is 11.8 Å². The summed E-state index contributed by atoms with van der Waals surface area (Å²) < 4.78 is 7.42. The normalized spacial score (nSPS) is 22.4. The molecule has 5 fully saturated rings. The van der Waals surface area contributed by atoms with Gasteiger partial charge in [0.1, 0.15) is 0 Å². The van der Waals surface area contributed by atoms with Gasteiger partial charge in [-0.25, -0.2) is 8.72 Å². The minimum Gasteiger partial charge on any atom is -1.00 e. The number of nitrogens with zero attached hydrogens (tertiary/aromatic N) is 7. The van der Waals surface area contributed by atoms with E-state index in [2.05, 4.69) is 90.2 Å². The maximum atomic E-state index is 13.2. The number of benzene rings is 6. The largest absolute Gasteiger partial charge is 1.00 e. The summed E-state index contributed by atoms with van der Waals surface area (Å²) in [6.45, 7) is 8.77. The fourth-order valence-corrected chi connectivity index (χ4v) is 17.8. The molecule has 10 aliphatic rings. The van der Waals surface area contributed by atoms with Crippen LogP contribution in [0.1, 0.15) is 119 Å². The summed E-state index contributed by atoms with van der Waals surface area (Å²) in [5.41, 5.74) is 11.7. The Labute approximate surface area is 652 Å². The Hall–Kier alpha value is -5.54. The fourth-order valence-electron chi connectivity index (χ4n) is 16.9. The first kappa shape index (κ1) is 82.7. The number of ether oxygens (including phenoxy) is 1. The van der Waals surface area contributed by atoms with Gasteiger partial charge in [0.05, 0.1) is 35.7 Å². The molecule has 6 N–H and O–H groups in total. The van der Waals surface area contributed by atoms with Crippen LogP contribution in [0, 0.1) is 11.8 Å². The number of piperidine rings is 3. The molecule has 3 spiro atoms. The van der Waals surface area contributed by atoms with Gasteiger partial charge in [-0.3, -0.25) is 28.9 Å². The molecular weight excluding hydrogens is 1490 g/mol. The van der Waals surface area contributed by atoms with E-state index in [-0.39, 0.29) is 114 Å². The van der Waals surface area contributed by atoms with Crippen LogP contribution < -0.4 is 59.8 Å². The number of nitrogens with one attached hydrogen (secondary N) is 2. The van der Waals surface area contributed by atoms with Crippen molar-refractivity contribution >= 4 is 103 Å². The molecule has 542 valence electrons. The zero-order valence-electron chi connectivity index (χ0n) is 60.2. The Morgan fingerprint density at radius 3 is 1.47 bits per heavy atom. The van der Waals surface area contributed by atoms with Crippen LogP contribution in [0.25, 0.3) is 0 Å². The predicted octanol–water partition coefficient (Wildman–Crippen LogP) is 8.90. The number of alkyl halides is 2. The molecule has 9 heterocycles. The minimum atomic E-state index is -0.299. The van der Waals surface area contributed by atoms with E-state index < -0.39 is 0 Å². The molecule has 1 saturated carbocycles. The molecule has 4 saturated heterocycles. The molecule has 6 aromatic carbocycles. The number of carbonyl (C=O) groups is 6. The van der Waals surface area contributed by atoms with Gasteiger partial charge in [0.25, 0.3) is 0 Å². The number of hydrogen-bond acceptors (Lipinski definition) is 10. The van der Waals surface area contributed by atoms with Gasteiger partial charge in [-0.05, 0) is 173 Å². The molecule has 6 aromatic rings. The van der Waals surface area contributed by atoms with E-state index in [1.54, 1.807) is 4.90 Å². The molecule has 18 nitrogen and oxygen atoms in total. The van der Waals surface area contributed by atoms with Gasteiger partial charge < -0.3 is 52.2 Å². The molecule has 2 atom stereocenters. The summed E-state index contributed by atoms with van der Waals surface area (Å²) in [6, 6.07) is 51.4. The van der Waals surface area contributed by atoms with Gasteiger partial charge in [-0.1, -0.05) is 121 Å². The third-order valence-corrected chi connectivity index (χ3v) is 23.1. The second-order valence-corrected chi connectivity index (χ2v) is 29.1. The monoisotopic (exact) mass is 1580 g/mol. The third-order valence-electron chi connectivity index (χ3n) is 22.1. The Morgan fingerprint density at radius 2 is 0.990 bits per heavy atom. The number of anilines is 5. The summed E-state index contributed by atoms with van der Waals surface area (Å²) >= 11 is 14.9. The Bertz CT molecular complexity index is 3750. The van der Waals surface area contributed by atoms with E-state index in [9.17, 15) is 28.8 Å². The first-order valence-electron chi connectivity index (χ1n) is 34.8. The van der Waals surface area contributed by atoms with Crippen molar-refractivity contribution in [3.05, 3.63) is 185 Å². The maximum absolute atomic E-state index is 13.2. The van der Waals surface area contributed by atoms with E-state index in [1.165, 1.54) is 22.3 Å². The summed E-state index contributed by atoms with van der Waals surface area (Å²) in [7, 11) is 7.51. The molecule has 0 aromatic heterocycles. The first-order chi connectivity index (χ1) is 47.0. The van der Waals surface area contributed by atoms with Crippen molar-refractivity contribution in [3.63, 3.8) is 0 Å². The molecular formula is C78H99BrCl2N9NaO9Pd. The number of rotatable bonds is 8. The van der Waals surface area contributed by atoms with E-state index in [1.807, 2.05) is 152 Å². The number of halogens is 3. The average molecular weight is 1590 g/mol. The maximum Gasteiger partial charge on any atom is 1.00 e. The number of carbonyl (C=O) groups excluding carboxylic acids is 6. The molecule has 2 bridgehead atoms. The summed E-state index contributed by atoms with van der Waals surface area (Å²) in [6.07, 6.45) is 13.3. The Kier molecular flexibility index (Phi) is 30.7. The summed E-state index contributed by atoms with van der Waals surface area (Å²) in [4.78, 5) is 84.0. The van der Waals surface area contributed by atoms with Crippen LogP contribution in [0.15, 0.2) is 152 Å². The first-order valence-corrected chi connectivity index (χ1v) is 36.5. The van der Waals surface area contributed by atoms with Crippen molar-refractivity contribution in [3.8, 4) is 0 Å². The SMILES string of the molecule is CCOC(=O)N1C2CCC1CC(C1CCC3(CC1)C(=O)N(C)c1ccccc13)C2.CN1C(=O)C2(CCN(Br)CC2)c2ccccc21.CN1C(=O)C2(CCNCC2)c2ccccc21.CN1C(=O)Cc2ccccc21.ClCCN(CCCl)Cc1ccccc1.O.O.O=C1Cc2ccccc2N1.[H-].[Na+].[Pd]. The van der Waals surface area contributed by atoms with Crippen LogP contribution in [0.3, 0.4) is 0 Å². The molecule has 1 aliphatic carbocycles. The van der Waals surface area contributed by atoms with Gasteiger partial charge in [0.2, 0.25) is 29.5 Å². The van der Waals surface area contributed by atoms with E-state index in [4.69, 9.17) is 27.9 Å². The third kappa shape index (κ3) is 17.7. The van der Waals surface area contributed by atoms with Gasteiger partial charge >= 0.3 is 35.7 Å². The fraction of sp³-hybridized carbons (Fsp3) is 0.462. The van der Waals surface area contributed by atoms with Crippen LogP contribution in [0.2, 0.25) is 0 Å². The Morgan fingerprint density at radius 1 is 0.554 bits per heavy atom. The van der Waals surface area contributed by atoms with E-state index in [0.717, 1.165) is 162 Å². The second kappa shape index (κ2) is 37.4. The van der Waals surface area contributed by atoms with Crippen LogP contribution in [0.5, 0.6) is 0 Å². The topological polar surface area (TPSA) is 221 Å². The van der Waals surface area contributed by atoms with Crippen molar-refractivity contribution in [1.82, 2.24) is 19.0 Å². The number of para-hydroxylation sites is 5. The predicted molar refractivity (Wildman–Crippen MR) is 401 cm³/mol. The van der Waals surface area contributed by atoms with Crippen molar-refractivity contribution in [1.29, 1.82) is 0 Å².